The molecule has 0 aromatic heterocycles. The molecule has 1 N–H and O–H groups in total. The molecule has 0 bridgehead atoms. The Kier molecular flexibility index (Phi) is 8.87. The molecule has 0 radical (unpaired) electrons. The van der Waals surface area contributed by atoms with Crippen LogP contribution in [0, 0.1) is 5.92 Å². The summed E-state index contributed by atoms with van der Waals surface area (Å²) < 4.78 is 0. The van der Waals surface area contributed by atoms with E-state index in [2.05, 4.69) is 0 Å². The lowest BCUT2D eigenvalue weighted by Gasteiger charge is -2.08. The summed E-state index contributed by atoms with van der Waals surface area (Å²) in [7, 11) is 0. The number of aliphatic carboxylic acids is 1. The highest BCUT2D eigenvalue weighted by Gasteiger charge is 2.13. The first-order valence-electron chi connectivity index (χ1n) is 6.30. The maximum Gasteiger partial charge on any atom is 0.306 e. The molecule has 1 atom stereocenters. The molecule has 0 saturated carbocycles. The van der Waals surface area contributed by atoms with E-state index in [1.165, 1.54) is 0 Å². The van der Waals surface area contributed by atoms with Crippen LogP contribution in [0.4, 0.5) is 0 Å². The second-order valence-corrected chi connectivity index (χ2v) is 4.45. The average Bonchev–Trinajstić information content (AvgIpc) is 2.21. The largest absolute Gasteiger partial charge is 0.481 e. The number of hydrogen-bond acceptors (Lipinski definition) is 2. The van der Waals surface area contributed by atoms with Crippen LogP contribution in [0.1, 0.15) is 65.2 Å². The summed E-state index contributed by atoms with van der Waals surface area (Å²) >= 11 is 0. The predicted octanol–water partition coefficient (Wildman–Crippen LogP) is 3.42. The van der Waals surface area contributed by atoms with Crippen LogP contribution >= 0.6 is 0 Å². The van der Waals surface area contributed by atoms with Crippen molar-refractivity contribution in [2.75, 3.05) is 0 Å². The van der Waals surface area contributed by atoms with Gasteiger partial charge in [0.25, 0.3) is 0 Å². The van der Waals surface area contributed by atoms with Crippen molar-refractivity contribution in [1.82, 2.24) is 0 Å². The summed E-state index contributed by atoms with van der Waals surface area (Å²) in [5.41, 5.74) is 0. The van der Waals surface area contributed by atoms with Gasteiger partial charge in [0.1, 0.15) is 5.78 Å². The lowest BCUT2D eigenvalue weighted by molar-refractivity contribution is -0.142. The van der Waals surface area contributed by atoms with E-state index in [-0.39, 0.29) is 11.7 Å². The SMILES string of the molecule is CCC(CCCCCCCC(C)=O)C(=O)O. The summed E-state index contributed by atoms with van der Waals surface area (Å²) in [6.07, 6.45) is 7.45. The van der Waals surface area contributed by atoms with Crippen LogP contribution in [-0.4, -0.2) is 16.9 Å². The molecule has 0 aliphatic heterocycles. The Morgan fingerprint density at radius 2 is 1.62 bits per heavy atom. The second kappa shape index (κ2) is 9.37. The molecule has 0 aromatic rings. The Morgan fingerprint density at radius 3 is 2.12 bits per heavy atom. The first-order valence-corrected chi connectivity index (χ1v) is 6.30. The number of carboxylic acid groups (broad SMARTS) is 1. The maximum absolute atomic E-state index is 10.7. The predicted molar refractivity (Wildman–Crippen MR) is 64.4 cm³/mol. The molecule has 0 aliphatic carbocycles. The number of hydrogen-bond donors (Lipinski definition) is 1. The lowest BCUT2D eigenvalue weighted by atomic mass is 9.98. The molecule has 0 amide bonds. The number of carbonyl (C=O) groups excluding carboxylic acids is 1. The van der Waals surface area contributed by atoms with E-state index in [0.717, 1.165) is 44.9 Å². The van der Waals surface area contributed by atoms with Gasteiger partial charge in [-0.2, -0.15) is 0 Å². The molecule has 94 valence electrons. The molecule has 3 nitrogen and oxygen atoms in total. The van der Waals surface area contributed by atoms with Crippen LogP contribution < -0.4 is 0 Å². The van der Waals surface area contributed by atoms with Gasteiger partial charge in [0.05, 0.1) is 5.92 Å². The first-order chi connectivity index (χ1) is 7.57. The van der Waals surface area contributed by atoms with Crippen molar-refractivity contribution in [2.45, 2.75) is 65.2 Å². The van der Waals surface area contributed by atoms with E-state index in [0.29, 0.717) is 6.42 Å². The van der Waals surface area contributed by atoms with Gasteiger partial charge < -0.3 is 9.90 Å². The van der Waals surface area contributed by atoms with Crippen LogP contribution in [0.25, 0.3) is 0 Å². The third-order valence-electron chi connectivity index (χ3n) is 2.92. The molecule has 0 rings (SSSR count). The van der Waals surface area contributed by atoms with E-state index in [4.69, 9.17) is 5.11 Å². The first kappa shape index (κ1) is 15.1. The molecule has 0 spiro atoms. The van der Waals surface area contributed by atoms with Crippen LogP contribution in [-0.2, 0) is 9.59 Å². The van der Waals surface area contributed by atoms with Gasteiger partial charge in [-0.3, -0.25) is 4.79 Å². The Hall–Kier alpha value is -0.860. The summed E-state index contributed by atoms with van der Waals surface area (Å²) in [5.74, 6) is -0.576. The fourth-order valence-corrected chi connectivity index (χ4v) is 1.80. The number of ketones is 1. The molecule has 1 unspecified atom stereocenters. The summed E-state index contributed by atoms with van der Waals surface area (Å²) in [6, 6.07) is 0. The van der Waals surface area contributed by atoms with Crippen molar-refractivity contribution in [3.63, 3.8) is 0 Å². The second-order valence-electron chi connectivity index (χ2n) is 4.45. The molecule has 0 heterocycles. The average molecular weight is 228 g/mol. The molecular weight excluding hydrogens is 204 g/mol. The third-order valence-corrected chi connectivity index (χ3v) is 2.92. The van der Waals surface area contributed by atoms with Crippen LogP contribution in [0.5, 0.6) is 0 Å². The Morgan fingerprint density at radius 1 is 1.06 bits per heavy atom. The quantitative estimate of drug-likeness (QED) is 0.583. The highest BCUT2D eigenvalue weighted by molar-refractivity contribution is 5.75. The number of Topliss-reactive ketones (excluding diaryl/α,β-unsaturated/α-hetero) is 1. The number of carbonyl (C=O) groups is 2. The van der Waals surface area contributed by atoms with Crippen molar-refractivity contribution < 1.29 is 14.7 Å². The van der Waals surface area contributed by atoms with Gasteiger partial charge in [-0.1, -0.05) is 32.6 Å². The monoisotopic (exact) mass is 228 g/mol. The highest BCUT2D eigenvalue weighted by Crippen LogP contribution is 2.15. The standard InChI is InChI=1S/C13H24O3/c1-3-12(13(15)16)10-8-6-4-5-7-9-11(2)14/h12H,3-10H2,1-2H3,(H,15,16). The Labute approximate surface area is 98.2 Å². The van der Waals surface area contributed by atoms with E-state index >= 15 is 0 Å². The third kappa shape index (κ3) is 8.45. The van der Waals surface area contributed by atoms with E-state index in [1.807, 2.05) is 6.92 Å². The summed E-state index contributed by atoms with van der Waals surface area (Å²) in [5, 5.41) is 8.84. The van der Waals surface area contributed by atoms with Gasteiger partial charge in [0.15, 0.2) is 0 Å². The molecule has 0 saturated heterocycles. The molecule has 16 heavy (non-hydrogen) atoms. The molecule has 3 heteroatoms. The van der Waals surface area contributed by atoms with Gasteiger partial charge in [-0.25, -0.2) is 0 Å². The Bertz CT molecular complexity index is 211. The molecule has 0 aliphatic rings. The topological polar surface area (TPSA) is 54.4 Å². The Balaban J connectivity index is 3.32. The fraction of sp³-hybridized carbons (Fsp3) is 0.846. The maximum atomic E-state index is 10.7. The van der Waals surface area contributed by atoms with Crippen molar-refractivity contribution in [3.8, 4) is 0 Å². The number of carboxylic acids is 1. The zero-order chi connectivity index (χ0) is 12.4. The summed E-state index contributed by atoms with van der Waals surface area (Å²) in [4.78, 5) is 21.4. The van der Waals surface area contributed by atoms with Crippen molar-refractivity contribution in [2.24, 2.45) is 5.92 Å². The van der Waals surface area contributed by atoms with Gasteiger partial charge in [0.2, 0.25) is 0 Å². The lowest BCUT2D eigenvalue weighted by Crippen LogP contribution is -2.12. The smallest absolute Gasteiger partial charge is 0.306 e. The number of rotatable bonds is 10. The van der Waals surface area contributed by atoms with Crippen molar-refractivity contribution >= 4 is 11.8 Å². The van der Waals surface area contributed by atoms with Crippen molar-refractivity contribution in [1.29, 1.82) is 0 Å². The highest BCUT2D eigenvalue weighted by atomic mass is 16.4. The van der Waals surface area contributed by atoms with Crippen LogP contribution in [0.2, 0.25) is 0 Å². The van der Waals surface area contributed by atoms with Gasteiger partial charge in [0, 0.05) is 6.42 Å². The zero-order valence-corrected chi connectivity index (χ0v) is 10.5. The number of unbranched alkanes of at least 4 members (excludes halogenated alkanes) is 4. The summed E-state index contributed by atoms with van der Waals surface area (Å²) in [6.45, 7) is 3.55. The van der Waals surface area contributed by atoms with E-state index < -0.39 is 5.97 Å². The molecule has 0 aromatic carbocycles. The van der Waals surface area contributed by atoms with Gasteiger partial charge >= 0.3 is 5.97 Å². The van der Waals surface area contributed by atoms with Gasteiger partial charge in [-0.05, 0) is 26.2 Å². The minimum Gasteiger partial charge on any atom is -0.481 e. The van der Waals surface area contributed by atoms with Crippen LogP contribution in [0.15, 0.2) is 0 Å². The molecular formula is C13H24O3. The minimum atomic E-state index is -0.668. The zero-order valence-electron chi connectivity index (χ0n) is 10.5. The fourth-order valence-electron chi connectivity index (χ4n) is 1.80. The van der Waals surface area contributed by atoms with Gasteiger partial charge in [-0.15, -0.1) is 0 Å². The van der Waals surface area contributed by atoms with Crippen LogP contribution in [0.3, 0.4) is 0 Å². The van der Waals surface area contributed by atoms with E-state index in [9.17, 15) is 9.59 Å². The van der Waals surface area contributed by atoms with Crippen molar-refractivity contribution in [3.05, 3.63) is 0 Å². The van der Waals surface area contributed by atoms with E-state index in [1.54, 1.807) is 6.92 Å². The molecule has 0 fully saturated rings. The minimum absolute atomic E-state index is 0.169. The normalized spacial score (nSPS) is 12.4.